The summed E-state index contributed by atoms with van der Waals surface area (Å²) in [4.78, 5) is 8.87. The standard InChI is InChI=1S/C20H30N4OS/c1-7-18-24-16(13-26-18)12-23-19(21-6)22-11-15-9-8-14(2)10-17(15)25-20(3,4)5/h8-10,13H,7,11-12H2,1-6H3,(H2,21,22,23). The molecule has 0 fully saturated rings. The van der Waals surface area contributed by atoms with Gasteiger partial charge in [0.1, 0.15) is 11.4 Å². The molecule has 0 bridgehead atoms. The first-order chi connectivity index (χ1) is 12.3. The molecule has 0 spiro atoms. The number of aromatic nitrogens is 1. The second-order valence-electron chi connectivity index (χ2n) is 7.19. The first kappa shape index (κ1) is 20.2. The smallest absolute Gasteiger partial charge is 0.191 e. The van der Waals surface area contributed by atoms with Crippen LogP contribution in [0.1, 0.15) is 49.5 Å². The van der Waals surface area contributed by atoms with Crippen LogP contribution in [-0.4, -0.2) is 23.6 Å². The Hall–Kier alpha value is -2.08. The monoisotopic (exact) mass is 374 g/mol. The van der Waals surface area contributed by atoms with E-state index in [1.807, 2.05) is 0 Å². The average molecular weight is 375 g/mol. The molecule has 0 amide bonds. The molecule has 0 unspecified atom stereocenters. The highest BCUT2D eigenvalue weighted by Crippen LogP contribution is 2.24. The molecule has 1 aromatic carbocycles. The molecule has 1 heterocycles. The van der Waals surface area contributed by atoms with Gasteiger partial charge in [-0.1, -0.05) is 19.1 Å². The Balaban J connectivity index is 1.97. The first-order valence-electron chi connectivity index (χ1n) is 8.97. The predicted octanol–water partition coefficient (Wildman–Crippen LogP) is 4.06. The molecule has 26 heavy (non-hydrogen) atoms. The summed E-state index contributed by atoms with van der Waals surface area (Å²) in [6.07, 6.45) is 0.974. The van der Waals surface area contributed by atoms with Gasteiger partial charge < -0.3 is 15.4 Å². The topological polar surface area (TPSA) is 58.5 Å². The van der Waals surface area contributed by atoms with Crippen LogP contribution in [0.2, 0.25) is 0 Å². The van der Waals surface area contributed by atoms with Crippen LogP contribution in [0.25, 0.3) is 0 Å². The highest BCUT2D eigenvalue weighted by molar-refractivity contribution is 7.09. The van der Waals surface area contributed by atoms with Crippen LogP contribution in [0.15, 0.2) is 28.6 Å². The minimum atomic E-state index is -0.232. The summed E-state index contributed by atoms with van der Waals surface area (Å²) in [7, 11) is 1.77. The lowest BCUT2D eigenvalue weighted by Crippen LogP contribution is -2.36. The van der Waals surface area contributed by atoms with Gasteiger partial charge in [-0.3, -0.25) is 4.99 Å². The molecular weight excluding hydrogens is 344 g/mol. The lowest BCUT2D eigenvalue weighted by atomic mass is 10.1. The maximum Gasteiger partial charge on any atom is 0.191 e. The van der Waals surface area contributed by atoms with Crippen molar-refractivity contribution in [3.05, 3.63) is 45.4 Å². The van der Waals surface area contributed by atoms with Crippen LogP contribution in [0.4, 0.5) is 0 Å². The number of thiazole rings is 1. The van der Waals surface area contributed by atoms with Crippen molar-refractivity contribution in [3.8, 4) is 5.75 Å². The highest BCUT2D eigenvalue weighted by Gasteiger charge is 2.15. The zero-order valence-corrected chi connectivity index (χ0v) is 17.5. The van der Waals surface area contributed by atoms with E-state index in [2.05, 4.69) is 78.8 Å². The quantitative estimate of drug-likeness (QED) is 0.591. The van der Waals surface area contributed by atoms with Crippen molar-refractivity contribution in [2.45, 2.75) is 59.7 Å². The molecule has 142 valence electrons. The van der Waals surface area contributed by atoms with Gasteiger partial charge in [-0.25, -0.2) is 4.98 Å². The van der Waals surface area contributed by atoms with Gasteiger partial charge in [0.2, 0.25) is 0 Å². The summed E-state index contributed by atoms with van der Waals surface area (Å²) >= 11 is 1.70. The number of rotatable bonds is 6. The van der Waals surface area contributed by atoms with Gasteiger partial charge in [0.15, 0.2) is 5.96 Å². The van der Waals surface area contributed by atoms with E-state index >= 15 is 0 Å². The minimum absolute atomic E-state index is 0.232. The number of nitrogens with one attached hydrogen (secondary N) is 2. The molecule has 0 atom stereocenters. The molecule has 0 saturated carbocycles. The molecule has 6 heteroatoms. The average Bonchev–Trinajstić information content (AvgIpc) is 3.03. The van der Waals surface area contributed by atoms with Crippen molar-refractivity contribution in [3.63, 3.8) is 0 Å². The van der Waals surface area contributed by atoms with E-state index in [1.165, 1.54) is 5.56 Å². The largest absolute Gasteiger partial charge is 0.488 e. The Morgan fingerprint density at radius 1 is 1.23 bits per heavy atom. The molecule has 2 aromatic rings. The van der Waals surface area contributed by atoms with Gasteiger partial charge in [-0.2, -0.15) is 0 Å². The van der Waals surface area contributed by atoms with E-state index < -0.39 is 0 Å². The molecule has 1 aromatic heterocycles. The number of hydrogen-bond donors (Lipinski definition) is 2. The van der Waals surface area contributed by atoms with Crippen molar-refractivity contribution in [1.29, 1.82) is 0 Å². The van der Waals surface area contributed by atoms with E-state index in [4.69, 9.17) is 4.74 Å². The van der Waals surface area contributed by atoms with Crippen LogP contribution < -0.4 is 15.4 Å². The summed E-state index contributed by atoms with van der Waals surface area (Å²) in [5, 5.41) is 9.92. The molecule has 2 rings (SSSR count). The Bertz CT molecular complexity index is 747. The van der Waals surface area contributed by atoms with Crippen LogP contribution >= 0.6 is 11.3 Å². The zero-order valence-electron chi connectivity index (χ0n) is 16.6. The predicted molar refractivity (Wildman–Crippen MR) is 110 cm³/mol. The molecule has 0 aliphatic carbocycles. The van der Waals surface area contributed by atoms with Crippen molar-refractivity contribution in [2.75, 3.05) is 7.05 Å². The van der Waals surface area contributed by atoms with E-state index in [0.717, 1.165) is 34.4 Å². The Labute approximate surface area is 160 Å². The number of aliphatic imine (C=N–C) groups is 1. The van der Waals surface area contributed by atoms with Crippen molar-refractivity contribution in [2.24, 2.45) is 4.99 Å². The Morgan fingerprint density at radius 2 is 1.96 bits per heavy atom. The first-order valence-corrected chi connectivity index (χ1v) is 9.85. The van der Waals surface area contributed by atoms with Gasteiger partial charge in [-0.15, -0.1) is 11.3 Å². The fourth-order valence-corrected chi connectivity index (χ4v) is 3.14. The van der Waals surface area contributed by atoms with Gasteiger partial charge in [0.05, 0.1) is 17.2 Å². The fourth-order valence-electron chi connectivity index (χ4n) is 2.40. The summed E-state index contributed by atoms with van der Waals surface area (Å²) in [5.74, 6) is 1.66. The van der Waals surface area contributed by atoms with Crippen molar-refractivity contribution >= 4 is 17.3 Å². The van der Waals surface area contributed by atoms with Gasteiger partial charge in [0, 0.05) is 24.5 Å². The van der Waals surface area contributed by atoms with Crippen LogP contribution in [0.5, 0.6) is 5.75 Å². The Morgan fingerprint density at radius 3 is 2.58 bits per heavy atom. The van der Waals surface area contributed by atoms with E-state index in [0.29, 0.717) is 13.1 Å². The summed E-state index contributed by atoms with van der Waals surface area (Å²) in [6.45, 7) is 11.7. The van der Waals surface area contributed by atoms with Gasteiger partial charge in [-0.05, 0) is 45.7 Å². The molecule has 5 nitrogen and oxygen atoms in total. The number of aryl methyl sites for hydroxylation is 2. The van der Waals surface area contributed by atoms with E-state index in [9.17, 15) is 0 Å². The molecule has 0 saturated heterocycles. The molecule has 0 aliphatic rings. The maximum atomic E-state index is 6.12. The third-order valence-corrected chi connectivity index (χ3v) is 4.69. The summed E-state index contributed by atoms with van der Waals surface area (Å²) in [6, 6.07) is 6.29. The third kappa shape index (κ3) is 6.33. The fraction of sp³-hybridized carbons (Fsp3) is 0.500. The molecule has 0 aliphatic heterocycles. The Kier molecular flexibility index (Phi) is 7.03. The summed E-state index contributed by atoms with van der Waals surface area (Å²) in [5.41, 5.74) is 3.10. The second kappa shape index (κ2) is 9.03. The summed E-state index contributed by atoms with van der Waals surface area (Å²) < 4.78 is 6.12. The SMILES string of the molecule is CCc1nc(CNC(=NC)NCc2ccc(C)cc2OC(C)(C)C)cs1. The van der Waals surface area contributed by atoms with Gasteiger partial charge in [0.25, 0.3) is 0 Å². The van der Waals surface area contributed by atoms with Crippen LogP contribution in [-0.2, 0) is 19.5 Å². The van der Waals surface area contributed by atoms with Gasteiger partial charge >= 0.3 is 0 Å². The normalized spacial score (nSPS) is 12.2. The van der Waals surface area contributed by atoms with Crippen LogP contribution in [0.3, 0.4) is 0 Å². The van der Waals surface area contributed by atoms with Crippen LogP contribution in [0, 0.1) is 6.92 Å². The van der Waals surface area contributed by atoms with Crippen molar-refractivity contribution in [1.82, 2.24) is 15.6 Å². The van der Waals surface area contributed by atoms with E-state index in [1.54, 1.807) is 18.4 Å². The molecular formula is C20H30N4OS. The maximum absolute atomic E-state index is 6.12. The third-order valence-electron chi connectivity index (χ3n) is 3.65. The number of hydrogen-bond acceptors (Lipinski definition) is 4. The number of benzene rings is 1. The lowest BCUT2D eigenvalue weighted by molar-refractivity contribution is 0.129. The number of nitrogens with zero attached hydrogens (tertiary/aromatic N) is 2. The minimum Gasteiger partial charge on any atom is -0.488 e. The number of ether oxygens (including phenoxy) is 1. The molecule has 0 radical (unpaired) electrons. The molecule has 2 N–H and O–H groups in total. The highest BCUT2D eigenvalue weighted by atomic mass is 32.1. The zero-order chi connectivity index (χ0) is 19.2. The van der Waals surface area contributed by atoms with E-state index in [-0.39, 0.29) is 5.60 Å². The number of guanidine groups is 1. The second-order valence-corrected chi connectivity index (χ2v) is 8.13. The van der Waals surface area contributed by atoms with Crippen molar-refractivity contribution < 1.29 is 4.74 Å². The lowest BCUT2D eigenvalue weighted by Gasteiger charge is -2.24.